The van der Waals surface area contributed by atoms with Crippen LogP contribution in [-0.2, 0) is 4.79 Å². The Morgan fingerprint density at radius 2 is 1.94 bits per heavy atom. The van der Waals surface area contributed by atoms with E-state index in [9.17, 15) is 9.18 Å². The van der Waals surface area contributed by atoms with E-state index in [0.717, 1.165) is 16.8 Å². The highest BCUT2D eigenvalue weighted by Crippen LogP contribution is 2.42. The Labute approximate surface area is 185 Å². The molecule has 4 rings (SSSR count). The van der Waals surface area contributed by atoms with E-state index in [1.165, 1.54) is 29.5 Å². The lowest BCUT2D eigenvalue weighted by molar-refractivity contribution is -0.115. The van der Waals surface area contributed by atoms with Crippen LogP contribution in [0.3, 0.4) is 0 Å². The number of halogens is 1. The summed E-state index contributed by atoms with van der Waals surface area (Å²) in [7, 11) is 3.70. The van der Waals surface area contributed by atoms with E-state index >= 15 is 0 Å². The Morgan fingerprint density at radius 3 is 2.61 bits per heavy atom. The molecule has 0 saturated carbocycles. The third kappa shape index (κ3) is 4.10. The largest absolute Gasteiger partial charge is 0.496 e. The van der Waals surface area contributed by atoms with Gasteiger partial charge in [0, 0.05) is 29.9 Å². The van der Waals surface area contributed by atoms with Crippen molar-refractivity contribution in [3.63, 3.8) is 0 Å². The zero-order valence-corrected chi connectivity index (χ0v) is 18.9. The molecule has 1 N–H and O–H groups in total. The van der Waals surface area contributed by atoms with Crippen molar-refractivity contribution < 1.29 is 13.9 Å². The highest BCUT2D eigenvalue weighted by atomic mass is 32.2. The fraction of sp³-hybridized carbons (Fsp3) is 0.250. The number of hydrogen-bond acceptors (Lipinski definition) is 5. The Hall–Kier alpha value is -3.06. The molecule has 0 spiro atoms. The standard InChI is InChI=1S/C24H24FN3O2S/c1-14-13-24(2,3)28(4)19-12-20(30-5)15(10-18(14)19)11-21-22(29)27-23(31-21)26-17-8-6-16(25)7-9-17/h6-13H,1-5H3,(H,26,27,29)/b21-11+. The van der Waals surface area contributed by atoms with Gasteiger partial charge in [-0.3, -0.25) is 4.79 Å². The normalized spacial score (nSPS) is 20.0. The number of fused-ring (bicyclic) bond motifs is 1. The van der Waals surface area contributed by atoms with Gasteiger partial charge in [0.1, 0.15) is 11.6 Å². The predicted octanol–water partition coefficient (Wildman–Crippen LogP) is 5.36. The molecule has 1 saturated heterocycles. The Morgan fingerprint density at radius 1 is 1.23 bits per heavy atom. The summed E-state index contributed by atoms with van der Waals surface area (Å²) in [5.74, 6) is 0.141. The van der Waals surface area contributed by atoms with E-state index in [4.69, 9.17) is 4.74 Å². The molecular formula is C24H24FN3O2S. The molecule has 0 atom stereocenters. The van der Waals surface area contributed by atoms with Crippen molar-refractivity contribution in [2.75, 3.05) is 19.1 Å². The van der Waals surface area contributed by atoms with Gasteiger partial charge in [-0.05, 0) is 74.5 Å². The second-order valence-electron chi connectivity index (χ2n) is 8.11. The first kappa shape index (κ1) is 21.2. The molecule has 1 amide bonds. The maximum atomic E-state index is 13.1. The molecule has 2 aliphatic heterocycles. The van der Waals surface area contributed by atoms with Crippen LogP contribution in [0.2, 0.25) is 0 Å². The lowest BCUT2D eigenvalue weighted by Crippen LogP contribution is -2.42. The number of methoxy groups -OCH3 is 1. The highest BCUT2D eigenvalue weighted by Gasteiger charge is 2.30. The maximum absolute atomic E-state index is 13.1. The van der Waals surface area contributed by atoms with Gasteiger partial charge in [0.15, 0.2) is 5.17 Å². The average Bonchev–Trinajstić information content (AvgIpc) is 3.06. The number of carbonyl (C=O) groups excluding carboxylic acids is 1. The van der Waals surface area contributed by atoms with Crippen LogP contribution in [0.15, 0.2) is 52.4 Å². The second-order valence-corrected chi connectivity index (χ2v) is 9.14. The van der Waals surface area contributed by atoms with Gasteiger partial charge in [-0.1, -0.05) is 6.08 Å². The van der Waals surface area contributed by atoms with Crippen molar-refractivity contribution in [3.8, 4) is 5.75 Å². The van der Waals surface area contributed by atoms with Gasteiger partial charge in [-0.25, -0.2) is 9.38 Å². The summed E-state index contributed by atoms with van der Waals surface area (Å²) in [5.41, 5.74) is 4.67. The molecule has 2 aromatic rings. The van der Waals surface area contributed by atoms with Gasteiger partial charge in [0.05, 0.1) is 23.2 Å². The molecule has 1 fully saturated rings. The number of anilines is 1. The van der Waals surface area contributed by atoms with Gasteiger partial charge >= 0.3 is 0 Å². The quantitative estimate of drug-likeness (QED) is 0.657. The van der Waals surface area contributed by atoms with Crippen molar-refractivity contribution in [2.45, 2.75) is 26.3 Å². The molecule has 2 heterocycles. The summed E-state index contributed by atoms with van der Waals surface area (Å²) < 4.78 is 18.7. The molecule has 0 bridgehead atoms. The molecule has 2 aromatic carbocycles. The first-order chi connectivity index (χ1) is 14.7. The van der Waals surface area contributed by atoms with Crippen LogP contribution in [0.4, 0.5) is 15.8 Å². The molecule has 31 heavy (non-hydrogen) atoms. The summed E-state index contributed by atoms with van der Waals surface area (Å²) in [6.07, 6.45) is 4.06. The number of rotatable bonds is 3. The van der Waals surface area contributed by atoms with Crippen LogP contribution in [0.5, 0.6) is 5.75 Å². The number of benzene rings is 2. The number of nitrogens with one attached hydrogen (secondary N) is 1. The number of allylic oxidation sites excluding steroid dienone is 1. The lowest BCUT2D eigenvalue weighted by Gasteiger charge is -2.41. The first-order valence-electron chi connectivity index (χ1n) is 9.89. The number of ether oxygens (including phenoxy) is 1. The number of likely N-dealkylation sites (N-methyl/N-ethyl adjacent to an activating group) is 1. The number of carbonyl (C=O) groups is 1. The number of aliphatic imine (C=N–C) groups is 1. The number of amidine groups is 1. The van der Waals surface area contributed by atoms with Crippen LogP contribution < -0.4 is 15.0 Å². The molecule has 2 aliphatic rings. The zero-order valence-electron chi connectivity index (χ0n) is 18.1. The van der Waals surface area contributed by atoms with Crippen LogP contribution >= 0.6 is 11.8 Å². The average molecular weight is 438 g/mol. The highest BCUT2D eigenvalue weighted by molar-refractivity contribution is 8.18. The molecule has 0 aliphatic carbocycles. The van der Waals surface area contributed by atoms with Gasteiger partial charge in [0.25, 0.3) is 5.91 Å². The van der Waals surface area contributed by atoms with Crippen LogP contribution in [0, 0.1) is 5.82 Å². The fourth-order valence-electron chi connectivity index (χ4n) is 3.74. The van der Waals surface area contributed by atoms with E-state index in [0.29, 0.717) is 21.5 Å². The molecule has 0 unspecified atom stereocenters. The van der Waals surface area contributed by atoms with Crippen molar-refractivity contribution in [2.24, 2.45) is 4.99 Å². The Balaban J connectivity index is 1.69. The molecular weight excluding hydrogens is 413 g/mol. The summed E-state index contributed by atoms with van der Waals surface area (Å²) in [4.78, 5) is 19.6. The maximum Gasteiger partial charge on any atom is 0.264 e. The van der Waals surface area contributed by atoms with Crippen molar-refractivity contribution in [3.05, 3.63) is 64.3 Å². The Kier molecular flexibility index (Phi) is 5.39. The third-order valence-electron chi connectivity index (χ3n) is 5.56. The number of nitrogens with zero attached hydrogens (tertiary/aromatic N) is 2. The van der Waals surface area contributed by atoms with Crippen molar-refractivity contribution >= 4 is 45.9 Å². The minimum Gasteiger partial charge on any atom is -0.496 e. The Bertz CT molecular complexity index is 1150. The van der Waals surface area contributed by atoms with Gasteiger partial charge in [-0.15, -0.1) is 0 Å². The summed E-state index contributed by atoms with van der Waals surface area (Å²) >= 11 is 1.25. The molecule has 7 heteroatoms. The van der Waals surface area contributed by atoms with E-state index in [1.54, 1.807) is 19.2 Å². The van der Waals surface area contributed by atoms with E-state index in [-0.39, 0.29) is 17.3 Å². The SMILES string of the molecule is COc1cc2c(cc1/C=C1/SC(=Nc3ccc(F)cc3)NC1=O)C(C)=CC(C)(C)N2C. The smallest absolute Gasteiger partial charge is 0.264 e. The van der Waals surface area contributed by atoms with Crippen LogP contribution in [0.1, 0.15) is 31.9 Å². The molecule has 0 aromatic heterocycles. The van der Waals surface area contributed by atoms with E-state index in [1.807, 2.05) is 12.1 Å². The minimum absolute atomic E-state index is 0.102. The summed E-state index contributed by atoms with van der Waals surface area (Å²) in [6.45, 7) is 6.44. The topological polar surface area (TPSA) is 53.9 Å². The number of thioether (sulfide) groups is 1. The monoisotopic (exact) mass is 437 g/mol. The van der Waals surface area contributed by atoms with E-state index in [2.05, 4.69) is 55.2 Å². The van der Waals surface area contributed by atoms with Gasteiger partial charge in [-0.2, -0.15) is 0 Å². The van der Waals surface area contributed by atoms with Crippen LogP contribution in [0.25, 0.3) is 11.6 Å². The van der Waals surface area contributed by atoms with Gasteiger partial charge < -0.3 is 15.0 Å². The second kappa shape index (κ2) is 7.89. The summed E-state index contributed by atoms with van der Waals surface area (Å²) in [5, 5.41) is 3.22. The van der Waals surface area contributed by atoms with Gasteiger partial charge in [0.2, 0.25) is 0 Å². The van der Waals surface area contributed by atoms with E-state index < -0.39 is 0 Å². The molecule has 5 nitrogen and oxygen atoms in total. The predicted molar refractivity (Wildman–Crippen MR) is 126 cm³/mol. The lowest BCUT2D eigenvalue weighted by atomic mass is 9.88. The van der Waals surface area contributed by atoms with Crippen LogP contribution in [-0.4, -0.2) is 30.8 Å². The number of amides is 1. The molecule has 160 valence electrons. The first-order valence-corrected chi connectivity index (χ1v) is 10.7. The number of hydrogen-bond donors (Lipinski definition) is 1. The molecule has 0 radical (unpaired) electrons. The van der Waals surface area contributed by atoms with Crippen molar-refractivity contribution in [1.29, 1.82) is 0 Å². The summed E-state index contributed by atoms with van der Waals surface area (Å²) in [6, 6.07) is 9.88. The third-order valence-corrected chi connectivity index (χ3v) is 6.47. The fourth-order valence-corrected chi connectivity index (χ4v) is 4.57. The zero-order chi connectivity index (χ0) is 22.3. The van der Waals surface area contributed by atoms with Crippen molar-refractivity contribution in [1.82, 2.24) is 5.32 Å². The minimum atomic E-state index is -0.328.